The minimum Gasteiger partial charge on any atom is -0.377 e. The molecule has 0 aliphatic rings. The SMILES string of the molecule is C=CCOCCCC(c1ccccc1)(c1ccccc1)c1ccccc1. The van der Waals surface area contributed by atoms with Gasteiger partial charge in [0.15, 0.2) is 0 Å². The molecule has 132 valence electrons. The van der Waals surface area contributed by atoms with Crippen molar-refractivity contribution in [3.05, 3.63) is 120 Å². The van der Waals surface area contributed by atoms with Gasteiger partial charge in [-0.05, 0) is 29.5 Å². The van der Waals surface area contributed by atoms with Crippen molar-refractivity contribution < 1.29 is 4.74 Å². The Morgan fingerprint density at radius 1 is 0.692 bits per heavy atom. The van der Waals surface area contributed by atoms with Gasteiger partial charge in [0.1, 0.15) is 0 Å². The van der Waals surface area contributed by atoms with Crippen LogP contribution >= 0.6 is 0 Å². The summed E-state index contributed by atoms with van der Waals surface area (Å²) in [5.74, 6) is 0. The van der Waals surface area contributed by atoms with Crippen LogP contribution in [0.4, 0.5) is 0 Å². The molecule has 0 aliphatic heterocycles. The quantitative estimate of drug-likeness (QED) is 0.263. The van der Waals surface area contributed by atoms with Gasteiger partial charge in [0, 0.05) is 12.0 Å². The van der Waals surface area contributed by atoms with Gasteiger partial charge >= 0.3 is 0 Å². The molecule has 0 heterocycles. The normalized spacial score (nSPS) is 11.2. The highest BCUT2D eigenvalue weighted by Crippen LogP contribution is 2.42. The van der Waals surface area contributed by atoms with Crippen LogP contribution in [-0.2, 0) is 10.2 Å². The van der Waals surface area contributed by atoms with E-state index in [9.17, 15) is 0 Å². The van der Waals surface area contributed by atoms with Crippen LogP contribution in [0.1, 0.15) is 29.5 Å². The van der Waals surface area contributed by atoms with Crippen molar-refractivity contribution in [3.8, 4) is 0 Å². The highest BCUT2D eigenvalue weighted by Gasteiger charge is 2.35. The molecule has 0 N–H and O–H groups in total. The molecule has 0 saturated carbocycles. The second kappa shape index (κ2) is 9.17. The summed E-state index contributed by atoms with van der Waals surface area (Å²) in [6, 6.07) is 32.5. The second-order valence-electron chi connectivity index (χ2n) is 6.47. The molecule has 0 atom stereocenters. The number of ether oxygens (including phenoxy) is 1. The Morgan fingerprint density at radius 2 is 1.12 bits per heavy atom. The van der Waals surface area contributed by atoms with Gasteiger partial charge in [0.25, 0.3) is 0 Å². The lowest BCUT2D eigenvalue weighted by Crippen LogP contribution is -2.30. The lowest BCUT2D eigenvalue weighted by molar-refractivity contribution is 0.154. The number of benzene rings is 3. The first-order chi connectivity index (χ1) is 12.9. The summed E-state index contributed by atoms with van der Waals surface area (Å²) in [5, 5.41) is 0. The van der Waals surface area contributed by atoms with E-state index in [1.807, 2.05) is 0 Å². The molecular weight excluding hydrogens is 316 g/mol. The zero-order chi connectivity index (χ0) is 18.1. The van der Waals surface area contributed by atoms with Crippen LogP contribution in [0.25, 0.3) is 0 Å². The van der Waals surface area contributed by atoms with Crippen LogP contribution in [0.5, 0.6) is 0 Å². The third kappa shape index (κ3) is 3.95. The molecule has 0 saturated heterocycles. The number of hydrogen-bond acceptors (Lipinski definition) is 1. The minimum absolute atomic E-state index is 0.179. The summed E-state index contributed by atoms with van der Waals surface area (Å²) in [7, 11) is 0. The van der Waals surface area contributed by atoms with Gasteiger partial charge < -0.3 is 4.74 Å². The topological polar surface area (TPSA) is 9.23 Å². The van der Waals surface area contributed by atoms with Crippen LogP contribution in [0.15, 0.2) is 104 Å². The molecule has 0 spiro atoms. The van der Waals surface area contributed by atoms with E-state index in [0.717, 1.165) is 19.4 Å². The van der Waals surface area contributed by atoms with E-state index in [2.05, 4.69) is 97.6 Å². The van der Waals surface area contributed by atoms with Crippen molar-refractivity contribution >= 4 is 0 Å². The minimum atomic E-state index is -0.179. The second-order valence-corrected chi connectivity index (χ2v) is 6.47. The van der Waals surface area contributed by atoms with Crippen molar-refractivity contribution in [1.82, 2.24) is 0 Å². The molecule has 3 aromatic carbocycles. The maximum atomic E-state index is 5.67. The number of hydrogen-bond donors (Lipinski definition) is 0. The highest BCUT2D eigenvalue weighted by molar-refractivity contribution is 5.50. The van der Waals surface area contributed by atoms with Crippen molar-refractivity contribution in [3.63, 3.8) is 0 Å². The molecule has 1 heteroatoms. The molecule has 3 rings (SSSR count). The van der Waals surface area contributed by atoms with E-state index in [1.54, 1.807) is 6.08 Å². The van der Waals surface area contributed by atoms with Gasteiger partial charge in [-0.15, -0.1) is 6.58 Å². The van der Waals surface area contributed by atoms with Gasteiger partial charge in [-0.1, -0.05) is 97.1 Å². The molecule has 0 aromatic heterocycles. The summed E-state index contributed by atoms with van der Waals surface area (Å²) in [5.41, 5.74) is 3.78. The Kier molecular flexibility index (Phi) is 6.40. The Labute approximate surface area is 157 Å². The fourth-order valence-corrected chi connectivity index (χ4v) is 3.71. The van der Waals surface area contributed by atoms with Crippen LogP contribution in [0, 0.1) is 0 Å². The Bertz CT molecular complexity index is 681. The number of rotatable bonds is 9. The summed E-state index contributed by atoms with van der Waals surface area (Å²) < 4.78 is 5.67. The van der Waals surface area contributed by atoms with E-state index in [0.29, 0.717) is 6.61 Å². The zero-order valence-electron chi connectivity index (χ0n) is 15.2. The Morgan fingerprint density at radius 3 is 1.50 bits per heavy atom. The Balaban J connectivity index is 2.07. The zero-order valence-corrected chi connectivity index (χ0v) is 15.2. The summed E-state index contributed by atoms with van der Waals surface area (Å²) in [6.07, 6.45) is 3.77. The molecule has 0 fully saturated rings. The first-order valence-corrected chi connectivity index (χ1v) is 9.23. The van der Waals surface area contributed by atoms with Crippen molar-refractivity contribution in [2.75, 3.05) is 13.2 Å². The molecule has 0 amide bonds. The summed E-state index contributed by atoms with van der Waals surface area (Å²) in [4.78, 5) is 0. The first kappa shape index (κ1) is 18.2. The molecular formula is C25H26O. The van der Waals surface area contributed by atoms with Gasteiger partial charge in [0.2, 0.25) is 0 Å². The van der Waals surface area contributed by atoms with Crippen molar-refractivity contribution in [2.45, 2.75) is 18.3 Å². The van der Waals surface area contributed by atoms with Gasteiger partial charge in [-0.3, -0.25) is 0 Å². The van der Waals surface area contributed by atoms with Crippen LogP contribution in [0.2, 0.25) is 0 Å². The first-order valence-electron chi connectivity index (χ1n) is 9.23. The van der Waals surface area contributed by atoms with E-state index in [1.165, 1.54) is 16.7 Å². The molecule has 0 radical (unpaired) electrons. The smallest absolute Gasteiger partial charge is 0.0644 e. The fraction of sp³-hybridized carbons (Fsp3) is 0.200. The Hall–Kier alpha value is -2.64. The lowest BCUT2D eigenvalue weighted by atomic mass is 9.67. The lowest BCUT2D eigenvalue weighted by Gasteiger charge is -2.36. The van der Waals surface area contributed by atoms with Crippen molar-refractivity contribution in [1.29, 1.82) is 0 Å². The molecule has 1 nitrogen and oxygen atoms in total. The van der Waals surface area contributed by atoms with Gasteiger partial charge in [0.05, 0.1) is 6.61 Å². The predicted molar refractivity (Wildman–Crippen MR) is 109 cm³/mol. The average molecular weight is 342 g/mol. The third-order valence-corrected chi connectivity index (χ3v) is 4.88. The summed E-state index contributed by atoms with van der Waals surface area (Å²) in [6.45, 7) is 5.07. The molecule has 0 bridgehead atoms. The summed E-state index contributed by atoms with van der Waals surface area (Å²) >= 11 is 0. The van der Waals surface area contributed by atoms with Gasteiger partial charge in [-0.25, -0.2) is 0 Å². The monoisotopic (exact) mass is 342 g/mol. The van der Waals surface area contributed by atoms with Crippen LogP contribution in [-0.4, -0.2) is 13.2 Å². The average Bonchev–Trinajstić information content (AvgIpc) is 2.73. The third-order valence-electron chi connectivity index (χ3n) is 4.88. The van der Waals surface area contributed by atoms with Crippen LogP contribution < -0.4 is 0 Å². The maximum absolute atomic E-state index is 5.67. The van der Waals surface area contributed by atoms with Gasteiger partial charge in [-0.2, -0.15) is 0 Å². The predicted octanol–water partition coefficient (Wildman–Crippen LogP) is 6.00. The fourth-order valence-electron chi connectivity index (χ4n) is 3.71. The highest BCUT2D eigenvalue weighted by atomic mass is 16.5. The van der Waals surface area contributed by atoms with E-state index >= 15 is 0 Å². The standard InChI is InChI=1S/C25H26O/c1-2-20-26-21-12-19-25(22-13-6-3-7-14-22,23-15-8-4-9-16-23)24-17-10-5-11-18-24/h2-11,13-18H,1,12,19-21H2. The molecule has 3 aromatic rings. The van der Waals surface area contributed by atoms with E-state index < -0.39 is 0 Å². The largest absolute Gasteiger partial charge is 0.377 e. The van der Waals surface area contributed by atoms with Crippen molar-refractivity contribution in [2.24, 2.45) is 0 Å². The van der Waals surface area contributed by atoms with E-state index in [4.69, 9.17) is 4.74 Å². The van der Waals surface area contributed by atoms with E-state index in [-0.39, 0.29) is 5.41 Å². The van der Waals surface area contributed by atoms with Crippen LogP contribution in [0.3, 0.4) is 0 Å². The molecule has 26 heavy (non-hydrogen) atoms. The maximum Gasteiger partial charge on any atom is 0.0644 e. The molecule has 0 unspecified atom stereocenters. The molecule has 0 aliphatic carbocycles.